The molecule has 8 aromatic carbocycles. The zero-order valence-corrected chi connectivity index (χ0v) is 39.5. The summed E-state index contributed by atoms with van der Waals surface area (Å²) in [4.78, 5) is -1.06. The minimum absolute atomic E-state index is 0.00633. The Kier molecular flexibility index (Phi) is 13.2. The molecule has 19 heteroatoms. The summed E-state index contributed by atoms with van der Waals surface area (Å²) in [6.45, 7) is 9.17. The van der Waals surface area contributed by atoms with E-state index in [1.807, 2.05) is 87.5 Å². The molecular formula is C50H43N9O8S2. The number of nitrogens with zero attached hydrogens (tertiary/aromatic N) is 8. The van der Waals surface area contributed by atoms with Crippen LogP contribution in [0, 0.1) is 34.6 Å². The molecule has 4 N–H and O–H groups in total. The van der Waals surface area contributed by atoms with Gasteiger partial charge in [-0.2, -0.15) is 42.4 Å². The number of benzene rings is 8. The summed E-state index contributed by atoms with van der Waals surface area (Å²) in [6, 6.07) is 35.8. The van der Waals surface area contributed by atoms with Crippen molar-refractivity contribution in [3.63, 3.8) is 0 Å². The summed E-state index contributed by atoms with van der Waals surface area (Å²) in [6.07, 6.45) is 0. The van der Waals surface area contributed by atoms with Gasteiger partial charge in [0.1, 0.15) is 32.6 Å². The van der Waals surface area contributed by atoms with Crippen molar-refractivity contribution in [2.24, 2.45) is 40.9 Å². The molecule has 0 aliphatic heterocycles. The summed E-state index contributed by atoms with van der Waals surface area (Å²) >= 11 is 0. The van der Waals surface area contributed by atoms with E-state index in [9.17, 15) is 31.0 Å². The van der Waals surface area contributed by atoms with Crippen LogP contribution in [0.1, 0.15) is 27.8 Å². The van der Waals surface area contributed by atoms with E-state index in [4.69, 9.17) is 4.74 Å². The molecule has 348 valence electrons. The third kappa shape index (κ3) is 10.6. The number of ether oxygens (including phenoxy) is 1. The first-order valence-corrected chi connectivity index (χ1v) is 23.9. The van der Waals surface area contributed by atoms with Crippen molar-refractivity contribution in [1.29, 1.82) is 0 Å². The van der Waals surface area contributed by atoms with Crippen LogP contribution in [0.5, 0.6) is 11.5 Å². The molecule has 69 heavy (non-hydrogen) atoms. The average Bonchev–Trinajstić information content (AvgIpc) is 3.31. The van der Waals surface area contributed by atoms with Gasteiger partial charge in [-0.25, -0.2) is 0 Å². The number of hydrogen-bond acceptors (Lipinski definition) is 15. The standard InChI is InChI=1S/C50H43N9O8S2/c1-28-20-42(55-57-44-27-47(67-6)45(23-32(44)5)58-52-39-18-15-34-24-36(16-17-37(34)50(39)60)51-35-12-8-7-9-13-35)29(2)19-40(28)53-54-41-21-31(4)43(22-30(41)3)56-59-46-26-38-33(25-49(46)69(64,65)66)11-10-14-48(38)68(61,62)63/h7-27,51,60H,1-6H3,(H,61,62,63)(H,64,65,66). The van der Waals surface area contributed by atoms with E-state index in [1.54, 1.807) is 44.2 Å². The second kappa shape index (κ2) is 19.2. The Morgan fingerprint density at radius 2 is 0.899 bits per heavy atom. The van der Waals surface area contributed by atoms with Gasteiger partial charge < -0.3 is 15.2 Å². The zero-order chi connectivity index (χ0) is 49.2. The van der Waals surface area contributed by atoms with Gasteiger partial charge in [-0.1, -0.05) is 36.4 Å². The lowest BCUT2D eigenvalue weighted by molar-refractivity contribution is 0.416. The van der Waals surface area contributed by atoms with Gasteiger partial charge in [0, 0.05) is 28.2 Å². The van der Waals surface area contributed by atoms with Gasteiger partial charge in [0.05, 0.1) is 35.5 Å². The van der Waals surface area contributed by atoms with Crippen molar-refractivity contribution in [3.05, 3.63) is 155 Å². The molecule has 8 aromatic rings. The Morgan fingerprint density at radius 1 is 0.420 bits per heavy atom. The molecule has 0 aromatic heterocycles. The fourth-order valence-electron chi connectivity index (χ4n) is 7.37. The first-order chi connectivity index (χ1) is 32.9. The van der Waals surface area contributed by atoms with Gasteiger partial charge in [0.15, 0.2) is 5.75 Å². The average molecular weight is 962 g/mol. The first-order valence-electron chi connectivity index (χ1n) is 21.0. The van der Waals surface area contributed by atoms with Crippen molar-refractivity contribution in [1.82, 2.24) is 0 Å². The van der Waals surface area contributed by atoms with Crippen molar-refractivity contribution in [2.75, 3.05) is 12.4 Å². The molecule has 0 saturated carbocycles. The van der Waals surface area contributed by atoms with Gasteiger partial charge >= 0.3 is 0 Å². The van der Waals surface area contributed by atoms with E-state index >= 15 is 0 Å². The highest BCUT2D eigenvalue weighted by Crippen LogP contribution is 2.41. The van der Waals surface area contributed by atoms with E-state index in [1.165, 1.54) is 19.2 Å². The summed E-state index contributed by atoms with van der Waals surface area (Å²) in [5.74, 6) is 0.417. The van der Waals surface area contributed by atoms with Crippen LogP contribution in [0.2, 0.25) is 0 Å². The lowest BCUT2D eigenvalue weighted by Crippen LogP contribution is -2.01. The second-order valence-corrected chi connectivity index (χ2v) is 18.8. The number of aromatic hydroxyl groups is 1. The quantitative estimate of drug-likeness (QED) is 0.0632. The Hall–Kier alpha value is -8.10. The topological polar surface area (TPSA) is 249 Å². The number of methoxy groups -OCH3 is 1. The number of para-hydroxylation sites is 1. The molecule has 17 nitrogen and oxygen atoms in total. The van der Waals surface area contributed by atoms with Crippen molar-refractivity contribution >= 4 is 98.7 Å². The minimum atomic E-state index is -4.81. The van der Waals surface area contributed by atoms with Gasteiger partial charge in [-0.05, 0) is 158 Å². The number of hydrogen-bond donors (Lipinski definition) is 4. The van der Waals surface area contributed by atoms with Crippen molar-refractivity contribution < 1.29 is 35.8 Å². The van der Waals surface area contributed by atoms with Gasteiger partial charge in [-0.15, -0.1) is 15.3 Å². The number of aryl methyl sites for hydroxylation is 5. The van der Waals surface area contributed by atoms with Crippen LogP contribution in [-0.2, 0) is 20.2 Å². The normalized spacial score (nSPS) is 12.4. The fourth-order valence-corrected chi connectivity index (χ4v) is 8.71. The van der Waals surface area contributed by atoms with Crippen LogP contribution in [0.4, 0.5) is 56.9 Å². The first kappa shape index (κ1) is 47.4. The van der Waals surface area contributed by atoms with Crippen molar-refractivity contribution in [3.8, 4) is 11.5 Å². The SMILES string of the molecule is COc1cc(N=Nc2cc(C)c(N=Nc3cc(C)c(N=Nc4cc5c(S(=O)(=O)O)cccc5cc4S(=O)(=O)O)cc3C)cc2C)c(C)cc1N=Nc1ccc2cc(Nc3ccccc3)ccc2c1O. The van der Waals surface area contributed by atoms with Crippen LogP contribution in [0.3, 0.4) is 0 Å². The Bertz CT molecular complexity index is 3710. The highest BCUT2D eigenvalue weighted by atomic mass is 32.2. The Labute approximate surface area is 397 Å². The third-order valence-electron chi connectivity index (χ3n) is 11.1. The number of fused-ring (bicyclic) bond motifs is 2. The Balaban J connectivity index is 0.977. The number of azo groups is 4. The van der Waals surface area contributed by atoms with Crippen LogP contribution in [0.15, 0.2) is 178 Å². The molecule has 0 heterocycles. The van der Waals surface area contributed by atoms with Gasteiger partial charge in [-0.3, -0.25) is 9.11 Å². The number of anilines is 2. The lowest BCUT2D eigenvalue weighted by atomic mass is 10.1. The molecule has 0 amide bonds. The monoisotopic (exact) mass is 961 g/mol. The minimum Gasteiger partial charge on any atom is -0.505 e. The van der Waals surface area contributed by atoms with Gasteiger partial charge in [0.2, 0.25) is 0 Å². The lowest BCUT2D eigenvalue weighted by Gasteiger charge is -2.10. The number of phenolic OH excluding ortho intramolecular Hbond substituents is 1. The summed E-state index contributed by atoms with van der Waals surface area (Å²) < 4.78 is 74.0. The molecular weight excluding hydrogens is 919 g/mol. The maximum absolute atomic E-state index is 12.3. The fraction of sp³-hybridized carbons (Fsp3) is 0.120. The zero-order valence-electron chi connectivity index (χ0n) is 37.9. The highest BCUT2D eigenvalue weighted by Gasteiger charge is 2.21. The maximum atomic E-state index is 12.3. The number of phenols is 1. The maximum Gasteiger partial charge on any atom is 0.296 e. The van der Waals surface area contributed by atoms with Crippen LogP contribution in [-0.4, -0.2) is 38.2 Å². The number of nitrogens with one attached hydrogen (secondary N) is 1. The molecule has 0 fully saturated rings. The van der Waals surface area contributed by atoms with Gasteiger partial charge in [0.25, 0.3) is 20.2 Å². The Morgan fingerprint density at radius 3 is 1.43 bits per heavy atom. The molecule has 0 atom stereocenters. The van der Waals surface area contributed by atoms with E-state index in [2.05, 4.69) is 46.2 Å². The second-order valence-electron chi connectivity index (χ2n) is 16.1. The predicted molar refractivity (Wildman–Crippen MR) is 265 cm³/mol. The molecule has 0 saturated heterocycles. The summed E-state index contributed by atoms with van der Waals surface area (Å²) in [7, 11) is -7.97. The van der Waals surface area contributed by atoms with Crippen LogP contribution < -0.4 is 10.1 Å². The van der Waals surface area contributed by atoms with Crippen molar-refractivity contribution in [2.45, 2.75) is 44.4 Å². The molecule has 0 unspecified atom stereocenters. The summed E-state index contributed by atoms with van der Waals surface area (Å²) in [5.41, 5.74) is 8.48. The molecule has 8 rings (SSSR count). The van der Waals surface area contributed by atoms with E-state index in [0.29, 0.717) is 62.1 Å². The van der Waals surface area contributed by atoms with E-state index in [0.717, 1.165) is 51.7 Å². The molecule has 0 radical (unpaired) electrons. The van der Waals surface area contributed by atoms with E-state index < -0.39 is 30.0 Å². The van der Waals surface area contributed by atoms with Crippen LogP contribution >= 0.6 is 0 Å². The number of rotatable bonds is 13. The smallest absolute Gasteiger partial charge is 0.296 e. The molecule has 0 aliphatic carbocycles. The van der Waals surface area contributed by atoms with E-state index in [-0.39, 0.29) is 22.2 Å². The molecule has 0 aliphatic rings. The predicted octanol–water partition coefficient (Wildman–Crippen LogP) is 15.1. The molecule has 0 spiro atoms. The van der Waals surface area contributed by atoms with Crippen LogP contribution in [0.25, 0.3) is 21.5 Å². The largest absolute Gasteiger partial charge is 0.505 e. The third-order valence-corrected chi connectivity index (χ3v) is 12.9. The summed E-state index contributed by atoms with van der Waals surface area (Å²) in [5, 5.41) is 51.3. The molecule has 0 bridgehead atoms. The highest BCUT2D eigenvalue weighted by molar-refractivity contribution is 7.86.